The lowest BCUT2D eigenvalue weighted by atomic mass is 9.73. The van der Waals surface area contributed by atoms with Gasteiger partial charge in [-0.2, -0.15) is 0 Å². The van der Waals surface area contributed by atoms with Gasteiger partial charge in [-0.15, -0.1) is 0 Å². The number of benzene rings is 1. The van der Waals surface area contributed by atoms with E-state index < -0.39 is 0 Å². The Labute approximate surface area is 107 Å². The van der Waals surface area contributed by atoms with E-state index in [2.05, 4.69) is 60.3 Å². The molecule has 0 heterocycles. The van der Waals surface area contributed by atoms with Crippen molar-refractivity contribution in [1.82, 2.24) is 5.32 Å². The smallest absolute Gasteiger partial charge is 0.0190 e. The third kappa shape index (κ3) is 2.18. The minimum atomic E-state index is 0.184. The largest absolute Gasteiger partial charge is 0.314 e. The summed E-state index contributed by atoms with van der Waals surface area (Å²) in [7, 11) is 2.06. The van der Waals surface area contributed by atoms with Crippen LogP contribution >= 0.6 is 15.9 Å². The normalized spacial score (nSPS) is 20.6. The SMILES string of the molecule is CNC(C)(C)C1CCCc2cc(Br)ccc21. The van der Waals surface area contributed by atoms with Crippen LogP contribution in [0, 0.1) is 0 Å². The minimum Gasteiger partial charge on any atom is -0.314 e. The molecule has 0 amide bonds. The molecule has 1 atom stereocenters. The molecule has 1 N–H and O–H groups in total. The zero-order valence-electron chi connectivity index (χ0n) is 10.3. The topological polar surface area (TPSA) is 12.0 Å². The van der Waals surface area contributed by atoms with Crippen molar-refractivity contribution < 1.29 is 0 Å². The van der Waals surface area contributed by atoms with Gasteiger partial charge in [-0.25, -0.2) is 0 Å². The van der Waals surface area contributed by atoms with E-state index in [1.165, 1.54) is 34.9 Å². The van der Waals surface area contributed by atoms with Gasteiger partial charge in [0, 0.05) is 15.9 Å². The first-order chi connectivity index (χ1) is 7.54. The Morgan fingerprint density at radius 3 is 2.81 bits per heavy atom. The van der Waals surface area contributed by atoms with Crippen molar-refractivity contribution in [3.8, 4) is 0 Å². The molecule has 2 rings (SSSR count). The first-order valence-corrected chi connectivity index (χ1v) is 6.81. The van der Waals surface area contributed by atoms with Gasteiger partial charge in [0.1, 0.15) is 0 Å². The summed E-state index contributed by atoms with van der Waals surface area (Å²) in [6, 6.07) is 6.75. The molecule has 0 spiro atoms. The number of likely N-dealkylation sites (N-methyl/N-ethyl adjacent to an activating group) is 1. The molecule has 1 unspecified atom stereocenters. The van der Waals surface area contributed by atoms with Gasteiger partial charge in [-0.1, -0.05) is 22.0 Å². The van der Waals surface area contributed by atoms with Crippen LogP contribution in [0.4, 0.5) is 0 Å². The number of hydrogen-bond acceptors (Lipinski definition) is 1. The van der Waals surface area contributed by atoms with Crippen LogP contribution in [0.2, 0.25) is 0 Å². The van der Waals surface area contributed by atoms with Crippen LogP contribution in [0.3, 0.4) is 0 Å². The van der Waals surface area contributed by atoms with Gasteiger partial charge in [-0.3, -0.25) is 0 Å². The first kappa shape index (κ1) is 12.1. The van der Waals surface area contributed by atoms with Crippen LogP contribution in [0.5, 0.6) is 0 Å². The molecule has 2 heteroatoms. The van der Waals surface area contributed by atoms with E-state index in [0.29, 0.717) is 5.92 Å². The first-order valence-electron chi connectivity index (χ1n) is 6.02. The molecule has 0 aromatic heterocycles. The Kier molecular flexibility index (Phi) is 3.41. The minimum absolute atomic E-state index is 0.184. The highest BCUT2D eigenvalue weighted by Crippen LogP contribution is 2.39. The average Bonchev–Trinajstić information content (AvgIpc) is 2.27. The highest BCUT2D eigenvalue weighted by atomic mass is 79.9. The molecule has 0 aliphatic heterocycles. The number of halogens is 1. The van der Waals surface area contributed by atoms with Crippen molar-refractivity contribution >= 4 is 15.9 Å². The van der Waals surface area contributed by atoms with Crippen molar-refractivity contribution in [2.75, 3.05) is 7.05 Å². The Morgan fingerprint density at radius 1 is 1.38 bits per heavy atom. The third-order valence-electron chi connectivity index (χ3n) is 3.93. The second kappa shape index (κ2) is 4.50. The number of rotatable bonds is 2. The Morgan fingerprint density at radius 2 is 2.12 bits per heavy atom. The van der Waals surface area contributed by atoms with E-state index in [0.717, 1.165) is 0 Å². The predicted molar refractivity (Wildman–Crippen MR) is 73.0 cm³/mol. The maximum Gasteiger partial charge on any atom is 0.0190 e. The lowest BCUT2D eigenvalue weighted by molar-refractivity contribution is 0.312. The Balaban J connectivity index is 2.40. The highest BCUT2D eigenvalue weighted by Gasteiger charge is 2.32. The van der Waals surface area contributed by atoms with Gasteiger partial charge >= 0.3 is 0 Å². The zero-order valence-corrected chi connectivity index (χ0v) is 11.9. The molecule has 1 aliphatic carbocycles. The highest BCUT2D eigenvalue weighted by molar-refractivity contribution is 9.10. The van der Waals surface area contributed by atoms with Gasteiger partial charge < -0.3 is 5.32 Å². The summed E-state index contributed by atoms with van der Waals surface area (Å²) in [4.78, 5) is 0. The summed E-state index contributed by atoms with van der Waals surface area (Å²) in [5.41, 5.74) is 3.24. The summed E-state index contributed by atoms with van der Waals surface area (Å²) >= 11 is 3.56. The average molecular weight is 282 g/mol. The fourth-order valence-electron chi connectivity index (χ4n) is 2.71. The maximum atomic E-state index is 3.56. The van der Waals surface area contributed by atoms with E-state index in [9.17, 15) is 0 Å². The standard InChI is InChI=1S/C14H20BrN/c1-14(2,16-3)13-6-4-5-10-9-11(15)7-8-12(10)13/h7-9,13,16H,4-6H2,1-3H3. The monoisotopic (exact) mass is 281 g/mol. The van der Waals surface area contributed by atoms with E-state index in [-0.39, 0.29) is 5.54 Å². The van der Waals surface area contributed by atoms with E-state index in [1.54, 1.807) is 0 Å². The summed E-state index contributed by atoms with van der Waals surface area (Å²) in [5.74, 6) is 0.634. The van der Waals surface area contributed by atoms with Crippen molar-refractivity contribution in [2.45, 2.75) is 44.6 Å². The van der Waals surface area contributed by atoms with Crippen LogP contribution < -0.4 is 5.32 Å². The molecule has 0 bridgehead atoms. The number of nitrogens with one attached hydrogen (secondary N) is 1. The molecule has 0 fully saturated rings. The molecule has 16 heavy (non-hydrogen) atoms. The summed E-state index contributed by atoms with van der Waals surface area (Å²) in [5, 5.41) is 3.45. The molecule has 0 radical (unpaired) electrons. The molecular formula is C14H20BrN. The molecule has 1 aromatic rings. The van der Waals surface area contributed by atoms with Crippen LogP contribution in [0.15, 0.2) is 22.7 Å². The Bertz CT molecular complexity index is 384. The quantitative estimate of drug-likeness (QED) is 0.868. The van der Waals surface area contributed by atoms with E-state index >= 15 is 0 Å². The van der Waals surface area contributed by atoms with Gasteiger partial charge in [0.15, 0.2) is 0 Å². The van der Waals surface area contributed by atoms with Crippen molar-refractivity contribution in [1.29, 1.82) is 0 Å². The summed E-state index contributed by atoms with van der Waals surface area (Å²) in [6.07, 6.45) is 3.83. The molecule has 1 nitrogen and oxygen atoms in total. The van der Waals surface area contributed by atoms with Crippen molar-refractivity contribution in [3.63, 3.8) is 0 Å². The second-order valence-electron chi connectivity index (χ2n) is 5.26. The van der Waals surface area contributed by atoms with Crippen LogP contribution in [-0.4, -0.2) is 12.6 Å². The lowest BCUT2D eigenvalue weighted by Gasteiger charge is -2.38. The van der Waals surface area contributed by atoms with Crippen LogP contribution in [-0.2, 0) is 6.42 Å². The maximum absolute atomic E-state index is 3.56. The number of fused-ring (bicyclic) bond motifs is 1. The molecule has 0 saturated heterocycles. The van der Waals surface area contributed by atoms with Gasteiger partial charge in [-0.05, 0) is 63.4 Å². The van der Waals surface area contributed by atoms with Gasteiger partial charge in [0.25, 0.3) is 0 Å². The van der Waals surface area contributed by atoms with Crippen LogP contribution in [0.25, 0.3) is 0 Å². The van der Waals surface area contributed by atoms with E-state index in [1.807, 2.05) is 0 Å². The summed E-state index contributed by atoms with van der Waals surface area (Å²) in [6.45, 7) is 4.60. The van der Waals surface area contributed by atoms with Gasteiger partial charge in [0.05, 0.1) is 0 Å². The van der Waals surface area contributed by atoms with Crippen molar-refractivity contribution in [2.24, 2.45) is 0 Å². The van der Waals surface area contributed by atoms with E-state index in [4.69, 9.17) is 0 Å². The summed E-state index contributed by atoms with van der Waals surface area (Å²) < 4.78 is 1.20. The van der Waals surface area contributed by atoms with Crippen molar-refractivity contribution in [3.05, 3.63) is 33.8 Å². The van der Waals surface area contributed by atoms with Gasteiger partial charge in [0.2, 0.25) is 0 Å². The molecular weight excluding hydrogens is 262 g/mol. The fourth-order valence-corrected chi connectivity index (χ4v) is 3.12. The lowest BCUT2D eigenvalue weighted by Crippen LogP contribution is -2.43. The number of aryl methyl sites for hydroxylation is 1. The van der Waals surface area contributed by atoms with Crippen LogP contribution in [0.1, 0.15) is 43.7 Å². The third-order valence-corrected chi connectivity index (χ3v) is 4.43. The number of hydrogen-bond donors (Lipinski definition) is 1. The fraction of sp³-hybridized carbons (Fsp3) is 0.571. The molecule has 0 saturated carbocycles. The molecule has 88 valence electrons. The predicted octanol–water partition coefficient (Wildman–Crippen LogP) is 3.87. The molecule has 1 aromatic carbocycles. The molecule has 1 aliphatic rings. The zero-order chi connectivity index (χ0) is 11.8. The Hall–Kier alpha value is -0.340. The second-order valence-corrected chi connectivity index (χ2v) is 6.18.